The molecular formula is C11H18N2O6S2. The van der Waals surface area contributed by atoms with Crippen molar-refractivity contribution in [2.45, 2.75) is 44.2 Å². The van der Waals surface area contributed by atoms with Crippen LogP contribution in [0.4, 0.5) is 4.79 Å². The van der Waals surface area contributed by atoms with Crippen LogP contribution in [0.1, 0.15) is 26.7 Å². The summed E-state index contributed by atoms with van der Waals surface area (Å²) < 4.78 is 32.1. The van der Waals surface area contributed by atoms with Gasteiger partial charge in [-0.25, -0.2) is 9.52 Å². The van der Waals surface area contributed by atoms with E-state index in [4.69, 9.17) is 4.74 Å². The fourth-order valence-corrected chi connectivity index (χ4v) is 5.57. The lowest BCUT2D eigenvalue weighted by molar-refractivity contribution is -0.140. The molecule has 21 heavy (non-hydrogen) atoms. The summed E-state index contributed by atoms with van der Waals surface area (Å²) in [4.78, 5) is 22.7. The Morgan fingerprint density at radius 2 is 2.00 bits per heavy atom. The van der Waals surface area contributed by atoms with E-state index in [-0.39, 0.29) is 11.7 Å². The molecule has 1 heterocycles. The molecule has 0 spiro atoms. The quantitative estimate of drug-likeness (QED) is 0.755. The van der Waals surface area contributed by atoms with Gasteiger partial charge in [-0.05, 0) is 32.6 Å². The number of amides is 1. The van der Waals surface area contributed by atoms with E-state index in [9.17, 15) is 23.1 Å². The Kier molecular flexibility index (Phi) is 4.69. The van der Waals surface area contributed by atoms with Crippen molar-refractivity contribution in [2.24, 2.45) is 5.92 Å². The Bertz CT molecular complexity index is 531. The summed E-state index contributed by atoms with van der Waals surface area (Å²) >= 11 is 1.30. The Morgan fingerprint density at radius 3 is 2.48 bits per heavy atom. The van der Waals surface area contributed by atoms with Gasteiger partial charge in [0.2, 0.25) is 0 Å². The second-order valence-electron chi connectivity index (χ2n) is 5.31. The first-order chi connectivity index (χ1) is 9.72. The molecule has 2 unspecified atom stereocenters. The topological polar surface area (TPSA) is 113 Å². The van der Waals surface area contributed by atoms with E-state index in [1.807, 2.05) is 0 Å². The number of nitrogens with one attached hydrogen (secondary N) is 1. The first-order valence-electron chi connectivity index (χ1n) is 6.58. The van der Waals surface area contributed by atoms with Gasteiger partial charge in [0.1, 0.15) is 6.04 Å². The lowest BCUT2D eigenvalue weighted by atomic mass is 10.3. The van der Waals surface area contributed by atoms with Crippen LogP contribution in [0.15, 0.2) is 0 Å². The summed E-state index contributed by atoms with van der Waals surface area (Å²) in [6, 6.07) is -1.16. The predicted octanol–water partition coefficient (Wildman–Crippen LogP) is 0.604. The van der Waals surface area contributed by atoms with E-state index < -0.39 is 39.8 Å². The number of aliphatic carboxylic acids is 1. The van der Waals surface area contributed by atoms with E-state index in [1.54, 1.807) is 18.6 Å². The van der Waals surface area contributed by atoms with Crippen LogP contribution in [0, 0.1) is 5.92 Å². The van der Waals surface area contributed by atoms with Gasteiger partial charge in [0.25, 0.3) is 0 Å². The monoisotopic (exact) mass is 338 g/mol. The van der Waals surface area contributed by atoms with Crippen LogP contribution in [0.3, 0.4) is 0 Å². The van der Waals surface area contributed by atoms with Crippen molar-refractivity contribution < 1.29 is 27.9 Å². The molecular weight excluding hydrogens is 320 g/mol. The average Bonchev–Trinajstić information content (AvgIpc) is 3.04. The van der Waals surface area contributed by atoms with Crippen LogP contribution in [0.5, 0.6) is 0 Å². The molecule has 1 amide bonds. The molecule has 2 rings (SSSR count). The van der Waals surface area contributed by atoms with Crippen LogP contribution in [-0.4, -0.2) is 53.2 Å². The highest BCUT2D eigenvalue weighted by atomic mass is 32.2. The van der Waals surface area contributed by atoms with Gasteiger partial charge in [0.05, 0.1) is 11.5 Å². The summed E-state index contributed by atoms with van der Waals surface area (Å²) in [5.41, 5.74) is 0. The lowest BCUT2D eigenvalue weighted by Crippen LogP contribution is -2.52. The van der Waals surface area contributed by atoms with Crippen LogP contribution < -0.4 is 4.72 Å². The first kappa shape index (κ1) is 16.4. The lowest BCUT2D eigenvalue weighted by Gasteiger charge is -2.26. The van der Waals surface area contributed by atoms with Gasteiger partial charge < -0.3 is 9.84 Å². The SMILES string of the molecule is CC(C)OC(=O)NS(=O)(=O)N1C(C(=O)O)CSC1C1CC1. The van der Waals surface area contributed by atoms with E-state index >= 15 is 0 Å². The smallest absolute Gasteiger partial charge is 0.422 e. The molecule has 2 aliphatic rings. The Balaban J connectivity index is 2.17. The van der Waals surface area contributed by atoms with Gasteiger partial charge in [-0.15, -0.1) is 11.8 Å². The summed E-state index contributed by atoms with van der Waals surface area (Å²) in [6.07, 6.45) is 0.169. The molecule has 10 heteroatoms. The molecule has 1 aliphatic heterocycles. The maximum atomic E-state index is 12.3. The first-order valence-corrected chi connectivity index (χ1v) is 9.07. The molecule has 0 bridgehead atoms. The van der Waals surface area contributed by atoms with Gasteiger partial charge in [-0.1, -0.05) is 0 Å². The molecule has 0 aromatic carbocycles. The third-order valence-electron chi connectivity index (χ3n) is 3.13. The minimum atomic E-state index is -4.25. The third-order valence-corrected chi connectivity index (χ3v) is 6.18. The summed E-state index contributed by atoms with van der Waals surface area (Å²) in [7, 11) is -4.25. The molecule has 1 aliphatic carbocycles. The van der Waals surface area contributed by atoms with Crippen molar-refractivity contribution in [3.63, 3.8) is 0 Å². The Labute approximate surface area is 127 Å². The maximum absolute atomic E-state index is 12.3. The molecule has 1 saturated carbocycles. The molecule has 0 aromatic rings. The maximum Gasteiger partial charge on any atom is 0.422 e. The molecule has 2 fully saturated rings. The van der Waals surface area contributed by atoms with Crippen molar-refractivity contribution in [1.82, 2.24) is 9.03 Å². The summed E-state index contributed by atoms with van der Waals surface area (Å²) in [5, 5.41) is 8.75. The van der Waals surface area contributed by atoms with Crippen LogP contribution in [0.25, 0.3) is 0 Å². The van der Waals surface area contributed by atoms with E-state index in [1.165, 1.54) is 11.8 Å². The number of carboxylic acids is 1. The number of carboxylic acid groups (broad SMARTS) is 1. The second-order valence-corrected chi connectivity index (χ2v) is 8.03. The van der Waals surface area contributed by atoms with Crippen molar-refractivity contribution in [1.29, 1.82) is 0 Å². The predicted molar refractivity (Wildman–Crippen MR) is 75.9 cm³/mol. The van der Waals surface area contributed by atoms with Crippen molar-refractivity contribution in [3.8, 4) is 0 Å². The highest BCUT2D eigenvalue weighted by molar-refractivity contribution is 8.01. The van der Waals surface area contributed by atoms with Gasteiger partial charge >= 0.3 is 22.3 Å². The van der Waals surface area contributed by atoms with Gasteiger partial charge in [0, 0.05) is 5.75 Å². The van der Waals surface area contributed by atoms with Crippen LogP contribution >= 0.6 is 11.8 Å². The van der Waals surface area contributed by atoms with Crippen molar-refractivity contribution >= 4 is 34.0 Å². The van der Waals surface area contributed by atoms with Crippen LogP contribution in [0.2, 0.25) is 0 Å². The minimum Gasteiger partial charge on any atom is -0.480 e. The van der Waals surface area contributed by atoms with E-state index in [0.29, 0.717) is 0 Å². The molecule has 120 valence electrons. The number of rotatable bonds is 5. The number of carbonyl (C=O) groups excluding carboxylic acids is 1. The van der Waals surface area contributed by atoms with Gasteiger partial charge in [-0.3, -0.25) is 4.79 Å². The second kappa shape index (κ2) is 6.01. The number of hydrogen-bond acceptors (Lipinski definition) is 6. The summed E-state index contributed by atoms with van der Waals surface area (Å²) in [5.74, 6) is -0.887. The zero-order valence-corrected chi connectivity index (χ0v) is 13.3. The van der Waals surface area contributed by atoms with Crippen molar-refractivity contribution in [3.05, 3.63) is 0 Å². The number of nitrogens with zero attached hydrogens (tertiary/aromatic N) is 1. The zero-order valence-electron chi connectivity index (χ0n) is 11.7. The van der Waals surface area contributed by atoms with E-state index in [2.05, 4.69) is 0 Å². The number of thioether (sulfide) groups is 1. The van der Waals surface area contributed by atoms with E-state index in [0.717, 1.165) is 17.1 Å². The number of ether oxygens (including phenoxy) is 1. The third kappa shape index (κ3) is 3.80. The fourth-order valence-electron chi connectivity index (χ4n) is 2.12. The standard InChI is InChI=1S/C11H18N2O6S2/c1-6(2)19-11(16)12-21(17,18)13-8(10(14)15)5-20-9(13)7-3-4-7/h6-9H,3-5H2,1-2H3,(H,12,16)(H,14,15). The van der Waals surface area contributed by atoms with Gasteiger partial charge in [-0.2, -0.15) is 12.7 Å². The molecule has 0 radical (unpaired) electrons. The molecule has 1 saturated heterocycles. The molecule has 8 nitrogen and oxygen atoms in total. The van der Waals surface area contributed by atoms with Crippen LogP contribution in [-0.2, 0) is 19.7 Å². The Morgan fingerprint density at radius 1 is 1.38 bits per heavy atom. The highest BCUT2D eigenvalue weighted by Crippen LogP contribution is 2.46. The number of hydrogen-bond donors (Lipinski definition) is 2. The van der Waals surface area contributed by atoms with Gasteiger partial charge in [0.15, 0.2) is 0 Å². The average molecular weight is 338 g/mol. The highest BCUT2D eigenvalue weighted by Gasteiger charge is 2.51. The molecule has 0 aromatic heterocycles. The Hall–Kier alpha value is -1.00. The molecule has 2 N–H and O–H groups in total. The number of carbonyl (C=O) groups is 2. The largest absolute Gasteiger partial charge is 0.480 e. The fraction of sp³-hybridized carbons (Fsp3) is 0.818. The minimum absolute atomic E-state index is 0.150. The van der Waals surface area contributed by atoms with Crippen molar-refractivity contribution in [2.75, 3.05) is 5.75 Å². The normalized spacial score (nSPS) is 26.8. The zero-order chi connectivity index (χ0) is 15.8. The summed E-state index contributed by atoms with van der Waals surface area (Å²) in [6.45, 7) is 3.18. The molecule has 2 atom stereocenters.